The zero-order chi connectivity index (χ0) is 12.1. The molecule has 1 fully saturated rings. The molecule has 0 radical (unpaired) electrons. The minimum atomic E-state index is 0.876. The maximum atomic E-state index is 4.46. The molecule has 2 rings (SSSR count). The fraction of sp³-hybridized carbons (Fsp3) is 0.615. The van der Waals surface area contributed by atoms with E-state index in [1.54, 1.807) is 0 Å². The second-order valence-corrected chi connectivity index (χ2v) is 5.49. The quantitative estimate of drug-likeness (QED) is 0.926. The second kappa shape index (κ2) is 6.36. The summed E-state index contributed by atoms with van der Waals surface area (Å²) in [5.74, 6) is 1.97. The van der Waals surface area contributed by atoms with Crippen LogP contribution in [-0.4, -0.2) is 31.7 Å². The van der Waals surface area contributed by atoms with Gasteiger partial charge in [-0.1, -0.05) is 0 Å². The van der Waals surface area contributed by atoms with Crippen LogP contribution in [0.25, 0.3) is 0 Å². The molecule has 0 unspecified atom stereocenters. The molecule has 17 heavy (non-hydrogen) atoms. The third kappa shape index (κ3) is 3.42. The van der Waals surface area contributed by atoms with Gasteiger partial charge in [-0.3, -0.25) is 0 Å². The monoisotopic (exact) mass is 297 g/mol. The van der Waals surface area contributed by atoms with Gasteiger partial charge in [0.25, 0.3) is 0 Å². The van der Waals surface area contributed by atoms with Crippen molar-refractivity contribution in [3.8, 4) is 0 Å². The van der Waals surface area contributed by atoms with Crippen molar-refractivity contribution in [2.75, 3.05) is 31.6 Å². The smallest absolute Gasteiger partial charge is 0.142 e. The van der Waals surface area contributed by atoms with Gasteiger partial charge in [0.1, 0.15) is 5.82 Å². The highest BCUT2D eigenvalue weighted by atomic mass is 79.9. The highest BCUT2D eigenvalue weighted by Gasteiger charge is 2.20. The Hall–Kier alpha value is -0.610. The first-order valence-electron chi connectivity index (χ1n) is 6.31. The Bertz CT molecular complexity index is 348. The lowest BCUT2D eigenvalue weighted by atomic mass is 9.93. The number of hydrogen-bond donors (Lipinski definition) is 1. The van der Waals surface area contributed by atoms with Gasteiger partial charge in [0.15, 0.2) is 0 Å². The molecule has 1 saturated heterocycles. The highest BCUT2D eigenvalue weighted by Crippen LogP contribution is 2.28. The van der Waals surface area contributed by atoms with E-state index in [0.29, 0.717) is 0 Å². The fourth-order valence-electron chi connectivity index (χ4n) is 2.39. The standard InChI is InChI=1S/C13H20BrN3/c1-15-8-4-11-5-9-17(10-6-11)13-12(14)3-2-7-16-13/h2-3,7,11,15H,4-6,8-10H2,1H3. The molecule has 1 aliphatic heterocycles. The Kier molecular flexibility index (Phi) is 4.80. The van der Waals surface area contributed by atoms with E-state index in [9.17, 15) is 0 Å². The summed E-state index contributed by atoms with van der Waals surface area (Å²) in [6.45, 7) is 3.39. The van der Waals surface area contributed by atoms with Crippen LogP contribution in [-0.2, 0) is 0 Å². The predicted molar refractivity (Wildman–Crippen MR) is 75.4 cm³/mol. The van der Waals surface area contributed by atoms with Crippen molar-refractivity contribution >= 4 is 21.7 Å². The third-order valence-electron chi connectivity index (χ3n) is 3.46. The van der Waals surface area contributed by atoms with E-state index >= 15 is 0 Å². The Balaban J connectivity index is 1.89. The van der Waals surface area contributed by atoms with E-state index in [4.69, 9.17) is 0 Å². The van der Waals surface area contributed by atoms with Crippen molar-refractivity contribution in [1.82, 2.24) is 10.3 Å². The molecular formula is C13H20BrN3. The number of aromatic nitrogens is 1. The Morgan fingerprint density at radius 2 is 2.24 bits per heavy atom. The summed E-state index contributed by atoms with van der Waals surface area (Å²) in [4.78, 5) is 6.84. The molecular weight excluding hydrogens is 278 g/mol. The van der Waals surface area contributed by atoms with Crippen LogP contribution in [0.2, 0.25) is 0 Å². The lowest BCUT2D eigenvalue weighted by molar-refractivity contribution is 0.377. The molecule has 0 aromatic carbocycles. The van der Waals surface area contributed by atoms with Crippen LogP contribution in [0.15, 0.2) is 22.8 Å². The number of anilines is 1. The van der Waals surface area contributed by atoms with Crippen molar-refractivity contribution in [3.63, 3.8) is 0 Å². The molecule has 0 aliphatic carbocycles. The molecule has 4 heteroatoms. The second-order valence-electron chi connectivity index (χ2n) is 4.63. The molecule has 0 bridgehead atoms. The summed E-state index contributed by atoms with van der Waals surface area (Å²) in [6.07, 6.45) is 5.73. The molecule has 94 valence electrons. The van der Waals surface area contributed by atoms with Gasteiger partial charge in [-0.2, -0.15) is 0 Å². The number of pyridine rings is 1. The summed E-state index contributed by atoms with van der Waals surface area (Å²) in [5, 5.41) is 3.23. The summed E-state index contributed by atoms with van der Waals surface area (Å²) in [5.41, 5.74) is 0. The number of nitrogens with one attached hydrogen (secondary N) is 1. The van der Waals surface area contributed by atoms with Crippen molar-refractivity contribution < 1.29 is 0 Å². The van der Waals surface area contributed by atoms with Crippen molar-refractivity contribution in [3.05, 3.63) is 22.8 Å². The Morgan fingerprint density at radius 1 is 1.47 bits per heavy atom. The van der Waals surface area contributed by atoms with Crippen LogP contribution in [0.5, 0.6) is 0 Å². The summed E-state index contributed by atoms with van der Waals surface area (Å²) in [7, 11) is 2.03. The molecule has 2 heterocycles. The van der Waals surface area contributed by atoms with Crippen molar-refractivity contribution in [1.29, 1.82) is 0 Å². The van der Waals surface area contributed by atoms with Crippen molar-refractivity contribution in [2.24, 2.45) is 5.92 Å². The van der Waals surface area contributed by atoms with Crippen molar-refractivity contribution in [2.45, 2.75) is 19.3 Å². The minimum Gasteiger partial charge on any atom is -0.356 e. The Labute approximate surface area is 112 Å². The molecule has 0 saturated carbocycles. The summed E-state index contributed by atoms with van der Waals surface area (Å²) >= 11 is 3.57. The molecule has 1 N–H and O–H groups in total. The molecule has 1 aliphatic rings. The summed E-state index contributed by atoms with van der Waals surface area (Å²) in [6, 6.07) is 4.03. The van der Waals surface area contributed by atoms with Gasteiger partial charge in [0, 0.05) is 19.3 Å². The lowest BCUT2D eigenvalue weighted by Gasteiger charge is -2.33. The van der Waals surface area contributed by atoms with Gasteiger partial charge in [0.05, 0.1) is 4.47 Å². The maximum absolute atomic E-state index is 4.46. The number of hydrogen-bond acceptors (Lipinski definition) is 3. The highest BCUT2D eigenvalue weighted by molar-refractivity contribution is 9.10. The normalized spacial score (nSPS) is 17.4. The van der Waals surface area contributed by atoms with Gasteiger partial charge in [-0.25, -0.2) is 4.98 Å². The van der Waals surface area contributed by atoms with E-state index in [-0.39, 0.29) is 0 Å². The number of piperidine rings is 1. The van der Waals surface area contributed by atoms with Gasteiger partial charge in [-0.05, 0) is 66.8 Å². The largest absolute Gasteiger partial charge is 0.356 e. The predicted octanol–water partition coefficient (Wildman–Crippen LogP) is 2.67. The first-order valence-corrected chi connectivity index (χ1v) is 7.10. The molecule has 0 atom stereocenters. The van der Waals surface area contributed by atoms with E-state index in [1.165, 1.54) is 19.3 Å². The van der Waals surface area contributed by atoms with Crippen LogP contribution in [0.4, 0.5) is 5.82 Å². The van der Waals surface area contributed by atoms with E-state index in [1.807, 2.05) is 19.3 Å². The topological polar surface area (TPSA) is 28.2 Å². The lowest BCUT2D eigenvalue weighted by Crippen LogP contribution is -2.35. The van der Waals surface area contributed by atoms with E-state index < -0.39 is 0 Å². The zero-order valence-corrected chi connectivity index (χ0v) is 11.9. The molecule has 0 spiro atoms. The van der Waals surface area contributed by atoms with E-state index in [2.05, 4.69) is 37.2 Å². The number of nitrogens with zero attached hydrogens (tertiary/aromatic N) is 2. The molecule has 1 aromatic rings. The Morgan fingerprint density at radius 3 is 2.88 bits per heavy atom. The van der Waals surface area contributed by atoms with Gasteiger partial charge in [-0.15, -0.1) is 0 Å². The van der Waals surface area contributed by atoms with Crippen LogP contribution in [0, 0.1) is 5.92 Å². The SMILES string of the molecule is CNCCC1CCN(c2ncccc2Br)CC1. The fourth-order valence-corrected chi connectivity index (χ4v) is 2.90. The van der Waals surface area contributed by atoms with E-state index in [0.717, 1.165) is 35.8 Å². The molecule has 0 amide bonds. The summed E-state index contributed by atoms with van der Waals surface area (Å²) < 4.78 is 1.11. The van der Waals surface area contributed by atoms with Crippen LogP contribution < -0.4 is 10.2 Å². The maximum Gasteiger partial charge on any atom is 0.142 e. The molecule has 1 aromatic heterocycles. The van der Waals surface area contributed by atoms with Gasteiger partial charge in [0.2, 0.25) is 0 Å². The van der Waals surface area contributed by atoms with Gasteiger partial charge < -0.3 is 10.2 Å². The van der Waals surface area contributed by atoms with Crippen LogP contribution in [0.3, 0.4) is 0 Å². The average Bonchev–Trinajstić information content (AvgIpc) is 2.38. The van der Waals surface area contributed by atoms with Gasteiger partial charge >= 0.3 is 0 Å². The average molecular weight is 298 g/mol. The van der Waals surface area contributed by atoms with Crippen LogP contribution in [0.1, 0.15) is 19.3 Å². The minimum absolute atomic E-state index is 0.876. The number of rotatable bonds is 4. The first kappa shape index (κ1) is 12.8. The van der Waals surface area contributed by atoms with Crippen LogP contribution >= 0.6 is 15.9 Å². The zero-order valence-electron chi connectivity index (χ0n) is 10.3. The number of halogens is 1. The molecule has 3 nitrogen and oxygen atoms in total. The first-order chi connectivity index (χ1) is 8.31. The third-order valence-corrected chi connectivity index (χ3v) is 4.07.